The van der Waals surface area contributed by atoms with Crippen LogP contribution in [-0.4, -0.2) is 59.9 Å². The third-order valence-corrected chi connectivity index (χ3v) is 4.69. The zero-order chi connectivity index (χ0) is 17.5. The second-order valence-corrected chi connectivity index (χ2v) is 7.24. The predicted molar refractivity (Wildman–Crippen MR) is 99.6 cm³/mol. The van der Waals surface area contributed by atoms with E-state index in [4.69, 9.17) is 0 Å². The van der Waals surface area contributed by atoms with Crippen molar-refractivity contribution in [2.24, 2.45) is 12.0 Å². The summed E-state index contributed by atoms with van der Waals surface area (Å²) in [5, 5.41) is 12.2. The fourth-order valence-electron chi connectivity index (χ4n) is 2.43. The molecule has 1 atom stereocenters. The van der Waals surface area contributed by atoms with Crippen molar-refractivity contribution in [2.75, 3.05) is 34.2 Å². The molecule has 0 aromatic carbocycles. The standard InChI is InChI=1S/C16H27N7S/c1-12-8-19-15(24-12)6-7-18-16(17-2)20-10-14(22(3)4)13-9-21-23(5)11-13/h8-9,11,14H,6-7,10H2,1-5H3,(H2,17,18,20). The van der Waals surface area contributed by atoms with Gasteiger partial charge in [0.25, 0.3) is 0 Å². The molecule has 0 fully saturated rings. The van der Waals surface area contributed by atoms with E-state index in [0.29, 0.717) is 0 Å². The van der Waals surface area contributed by atoms with E-state index in [1.807, 2.05) is 30.3 Å². The normalized spacial score (nSPS) is 13.3. The molecule has 2 N–H and O–H groups in total. The minimum atomic E-state index is 0.235. The Morgan fingerprint density at radius 1 is 1.38 bits per heavy atom. The first kappa shape index (κ1) is 18.4. The predicted octanol–water partition coefficient (Wildman–Crippen LogP) is 1.20. The Hall–Kier alpha value is -1.93. The Morgan fingerprint density at radius 2 is 2.17 bits per heavy atom. The number of aryl methyl sites for hydroxylation is 2. The molecular weight excluding hydrogens is 322 g/mol. The Bertz CT molecular complexity index is 659. The average Bonchev–Trinajstić information content (AvgIpc) is 3.14. The lowest BCUT2D eigenvalue weighted by atomic mass is 10.1. The lowest BCUT2D eigenvalue weighted by Gasteiger charge is -2.24. The number of nitrogens with one attached hydrogen (secondary N) is 2. The Kier molecular flexibility index (Phi) is 6.74. The number of thiazole rings is 1. The van der Waals surface area contributed by atoms with Gasteiger partial charge in [0.05, 0.1) is 17.2 Å². The van der Waals surface area contributed by atoms with E-state index in [9.17, 15) is 0 Å². The fraction of sp³-hybridized carbons (Fsp3) is 0.562. The van der Waals surface area contributed by atoms with Gasteiger partial charge in [-0.2, -0.15) is 5.10 Å². The molecule has 0 aliphatic carbocycles. The third kappa shape index (κ3) is 5.31. The molecule has 2 heterocycles. The SMILES string of the molecule is CN=C(NCCc1ncc(C)s1)NCC(c1cnn(C)c1)N(C)C. The minimum absolute atomic E-state index is 0.235. The van der Waals surface area contributed by atoms with Crippen molar-refractivity contribution in [3.05, 3.63) is 34.0 Å². The first-order valence-corrected chi connectivity index (χ1v) is 8.82. The monoisotopic (exact) mass is 349 g/mol. The molecule has 0 spiro atoms. The van der Waals surface area contributed by atoms with Gasteiger partial charge in [-0.3, -0.25) is 9.67 Å². The van der Waals surface area contributed by atoms with Gasteiger partial charge in [-0.05, 0) is 21.0 Å². The van der Waals surface area contributed by atoms with Crippen molar-refractivity contribution in [3.63, 3.8) is 0 Å². The van der Waals surface area contributed by atoms with E-state index >= 15 is 0 Å². The van der Waals surface area contributed by atoms with Crippen molar-refractivity contribution in [1.82, 2.24) is 30.3 Å². The zero-order valence-corrected chi connectivity index (χ0v) is 15.9. The van der Waals surface area contributed by atoms with Crippen LogP contribution in [0, 0.1) is 6.92 Å². The highest BCUT2D eigenvalue weighted by molar-refractivity contribution is 7.11. The number of hydrogen-bond donors (Lipinski definition) is 2. The van der Waals surface area contributed by atoms with Crippen molar-refractivity contribution < 1.29 is 0 Å². The first-order chi connectivity index (χ1) is 11.5. The van der Waals surface area contributed by atoms with Crippen LogP contribution >= 0.6 is 11.3 Å². The zero-order valence-electron chi connectivity index (χ0n) is 15.1. The van der Waals surface area contributed by atoms with Crippen LogP contribution in [0.15, 0.2) is 23.6 Å². The number of rotatable bonds is 7. The molecule has 0 bridgehead atoms. The molecule has 2 aromatic heterocycles. The van der Waals surface area contributed by atoms with E-state index in [1.54, 1.807) is 18.4 Å². The van der Waals surface area contributed by atoms with Crippen LogP contribution in [0.2, 0.25) is 0 Å². The molecule has 0 aliphatic heterocycles. The Labute approximate surface area is 147 Å². The second kappa shape index (κ2) is 8.79. The van der Waals surface area contributed by atoms with Gasteiger partial charge in [-0.25, -0.2) is 4.98 Å². The average molecular weight is 350 g/mol. The molecule has 0 amide bonds. The van der Waals surface area contributed by atoms with Gasteiger partial charge in [-0.1, -0.05) is 0 Å². The Morgan fingerprint density at radius 3 is 2.71 bits per heavy atom. The molecule has 0 aliphatic rings. The molecule has 7 nitrogen and oxygen atoms in total. The third-order valence-electron chi connectivity index (χ3n) is 3.72. The highest BCUT2D eigenvalue weighted by Crippen LogP contribution is 2.16. The number of aliphatic imine (C=N–C) groups is 1. The van der Waals surface area contributed by atoms with Gasteiger partial charge in [-0.15, -0.1) is 11.3 Å². The van der Waals surface area contributed by atoms with Gasteiger partial charge in [0.2, 0.25) is 0 Å². The van der Waals surface area contributed by atoms with Gasteiger partial charge < -0.3 is 15.5 Å². The van der Waals surface area contributed by atoms with Gasteiger partial charge >= 0.3 is 0 Å². The van der Waals surface area contributed by atoms with Crippen LogP contribution in [-0.2, 0) is 13.5 Å². The van der Waals surface area contributed by atoms with Gasteiger partial charge in [0, 0.05) is 56.4 Å². The van der Waals surface area contributed by atoms with E-state index in [2.05, 4.69) is 51.6 Å². The van der Waals surface area contributed by atoms with E-state index in [-0.39, 0.29) is 6.04 Å². The van der Waals surface area contributed by atoms with Crippen molar-refractivity contribution in [3.8, 4) is 0 Å². The van der Waals surface area contributed by atoms with Crippen LogP contribution < -0.4 is 10.6 Å². The Balaban J connectivity index is 1.83. The molecule has 1 unspecified atom stereocenters. The van der Waals surface area contributed by atoms with Crippen LogP contribution in [0.5, 0.6) is 0 Å². The second-order valence-electron chi connectivity index (χ2n) is 5.92. The molecule has 2 aromatic rings. The molecule has 0 radical (unpaired) electrons. The maximum atomic E-state index is 4.38. The summed E-state index contributed by atoms with van der Waals surface area (Å²) in [5.41, 5.74) is 1.18. The number of guanidine groups is 1. The summed E-state index contributed by atoms with van der Waals surface area (Å²) in [6.45, 7) is 3.65. The van der Waals surface area contributed by atoms with Crippen molar-refractivity contribution in [1.29, 1.82) is 0 Å². The number of likely N-dealkylation sites (N-methyl/N-ethyl adjacent to an activating group) is 1. The molecule has 132 valence electrons. The topological polar surface area (TPSA) is 70.4 Å². The van der Waals surface area contributed by atoms with Crippen LogP contribution in [0.1, 0.15) is 21.5 Å². The molecule has 0 saturated carbocycles. The molecule has 0 saturated heterocycles. The summed E-state index contributed by atoms with van der Waals surface area (Å²) in [7, 11) is 7.86. The van der Waals surface area contributed by atoms with Crippen molar-refractivity contribution in [2.45, 2.75) is 19.4 Å². The summed E-state index contributed by atoms with van der Waals surface area (Å²) in [4.78, 5) is 12.1. The molecule has 8 heteroatoms. The molecular formula is C16H27N7S. The van der Waals surface area contributed by atoms with Crippen LogP contribution in [0.25, 0.3) is 0 Å². The molecule has 2 rings (SSSR count). The van der Waals surface area contributed by atoms with E-state index in [0.717, 1.165) is 30.5 Å². The van der Waals surface area contributed by atoms with E-state index in [1.165, 1.54) is 10.4 Å². The van der Waals surface area contributed by atoms with Gasteiger partial charge in [0.1, 0.15) is 0 Å². The minimum Gasteiger partial charge on any atom is -0.356 e. The summed E-state index contributed by atoms with van der Waals surface area (Å²) >= 11 is 1.74. The lowest BCUT2D eigenvalue weighted by Crippen LogP contribution is -2.42. The maximum absolute atomic E-state index is 4.38. The number of hydrogen-bond acceptors (Lipinski definition) is 5. The van der Waals surface area contributed by atoms with Crippen molar-refractivity contribution >= 4 is 17.3 Å². The summed E-state index contributed by atoms with van der Waals surface area (Å²) in [6.07, 6.45) is 6.78. The quantitative estimate of drug-likeness (QED) is 0.580. The first-order valence-electron chi connectivity index (χ1n) is 8.00. The summed E-state index contributed by atoms with van der Waals surface area (Å²) in [5.74, 6) is 0.805. The summed E-state index contributed by atoms with van der Waals surface area (Å²) in [6, 6.07) is 0.235. The van der Waals surface area contributed by atoms with E-state index < -0.39 is 0 Å². The highest BCUT2D eigenvalue weighted by atomic mass is 32.1. The maximum Gasteiger partial charge on any atom is 0.191 e. The largest absolute Gasteiger partial charge is 0.356 e. The van der Waals surface area contributed by atoms with Crippen LogP contribution in [0.4, 0.5) is 0 Å². The smallest absolute Gasteiger partial charge is 0.191 e. The number of aromatic nitrogens is 3. The highest BCUT2D eigenvalue weighted by Gasteiger charge is 2.16. The van der Waals surface area contributed by atoms with Gasteiger partial charge in [0.15, 0.2) is 5.96 Å². The summed E-state index contributed by atoms with van der Waals surface area (Å²) < 4.78 is 1.83. The number of nitrogens with zero attached hydrogens (tertiary/aromatic N) is 5. The fourth-order valence-corrected chi connectivity index (χ4v) is 3.22. The molecule has 24 heavy (non-hydrogen) atoms. The van der Waals surface area contributed by atoms with Crippen LogP contribution in [0.3, 0.4) is 0 Å². The lowest BCUT2D eigenvalue weighted by molar-refractivity contribution is 0.298.